The number of aliphatic hydroxyl groups is 1. The average molecular weight is 531 g/mol. The maximum atomic E-state index is 11.5. The molecule has 1 fully saturated rings. The zero-order valence-corrected chi connectivity index (χ0v) is 23.8. The number of benzene rings is 3. The van der Waals surface area contributed by atoms with Crippen LogP contribution in [0.15, 0.2) is 65.7 Å². The van der Waals surface area contributed by atoms with Crippen molar-refractivity contribution in [3.63, 3.8) is 0 Å². The summed E-state index contributed by atoms with van der Waals surface area (Å²) in [6, 6.07) is 21.8. The van der Waals surface area contributed by atoms with Gasteiger partial charge in [-0.05, 0) is 73.9 Å². The molecule has 7 heteroatoms. The fourth-order valence-electron chi connectivity index (χ4n) is 5.90. The third kappa shape index (κ3) is 7.79. The van der Waals surface area contributed by atoms with Crippen LogP contribution in [0.4, 0.5) is 0 Å². The van der Waals surface area contributed by atoms with Crippen LogP contribution in [-0.2, 0) is 12.8 Å². The quantitative estimate of drug-likeness (QED) is 0.172. The van der Waals surface area contributed by atoms with Crippen LogP contribution in [0.5, 0.6) is 0 Å². The molecule has 4 rings (SSSR count). The lowest BCUT2D eigenvalue weighted by Gasteiger charge is -2.48. The summed E-state index contributed by atoms with van der Waals surface area (Å²) in [7, 11) is 0. The number of hydrogen-bond acceptors (Lipinski definition) is 5. The molecule has 1 aliphatic rings. The van der Waals surface area contributed by atoms with Crippen LogP contribution >= 0.6 is 0 Å². The standard InChI is InChI=1S/C32H46N6O/c1-22-10-12-27(23(2)17-22)19-30(33)31(39)38-20-24(3)37(21-29(38)9-6-15-36-32(34)35)16-14-25-11-13-26-7-4-5-8-28(26)18-25/h4-5,7-8,10-13,17-18,24,29-31,39H,6,9,14-16,19-21,33H2,1-3H3,(H4,34,35,36)/t24-,29+,30-,31?/m1/s1. The minimum atomic E-state index is -0.719. The number of rotatable bonds is 11. The molecule has 210 valence electrons. The normalized spacial score (nSPS) is 20.1. The number of hydrogen-bond donors (Lipinski definition) is 4. The molecule has 1 aliphatic heterocycles. The van der Waals surface area contributed by atoms with Gasteiger partial charge < -0.3 is 22.3 Å². The van der Waals surface area contributed by atoms with E-state index in [-0.39, 0.29) is 18.0 Å². The Morgan fingerprint density at radius 1 is 1.03 bits per heavy atom. The van der Waals surface area contributed by atoms with Crippen LogP contribution in [0.3, 0.4) is 0 Å². The Balaban J connectivity index is 1.43. The fraction of sp³-hybridized carbons (Fsp3) is 0.469. The molecule has 0 amide bonds. The van der Waals surface area contributed by atoms with E-state index in [1.807, 2.05) is 0 Å². The fourth-order valence-corrected chi connectivity index (χ4v) is 5.90. The molecule has 0 radical (unpaired) electrons. The third-order valence-electron chi connectivity index (χ3n) is 8.18. The van der Waals surface area contributed by atoms with Crippen LogP contribution in [0, 0.1) is 13.8 Å². The van der Waals surface area contributed by atoms with Crippen molar-refractivity contribution in [1.82, 2.24) is 9.80 Å². The summed E-state index contributed by atoms with van der Waals surface area (Å²) in [5.41, 5.74) is 22.7. The number of nitrogens with zero attached hydrogens (tertiary/aromatic N) is 3. The van der Waals surface area contributed by atoms with Gasteiger partial charge in [0, 0.05) is 44.3 Å². The molecule has 3 aromatic rings. The smallest absolute Gasteiger partial charge is 0.185 e. The molecule has 0 saturated carbocycles. The van der Waals surface area contributed by atoms with Crippen LogP contribution < -0.4 is 17.2 Å². The van der Waals surface area contributed by atoms with Gasteiger partial charge in [-0.2, -0.15) is 0 Å². The third-order valence-corrected chi connectivity index (χ3v) is 8.18. The molecule has 3 aromatic carbocycles. The van der Waals surface area contributed by atoms with Crippen molar-refractivity contribution in [1.29, 1.82) is 0 Å². The molecular formula is C32H46N6O. The van der Waals surface area contributed by atoms with Crippen molar-refractivity contribution in [3.05, 3.63) is 82.9 Å². The van der Waals surface area contributed by atoms with E-state index in [0.717, 1.165) is 38.9 Å². The van der Waals surface area contributed by atoms with E-state index in [1.165, 1.54) is 33.0 Å². The van der Waals surface area contributed by atoms with Crippen LogP contribution in [0.2, 0.25) is 0 Å². The van der Waals surface area contributed by atoms with Gasteiger partial charge in [0.2, 0.25) is 0 Å². The maximum absolute atomic E-state index is 11.5. The Bertz CT molecular complexity index is 1260. The van der Waals surface area contributed by atoms with Crippen LogP contribution in [0.25, 0.3) is 10.8 Å². The molecule has 0 bridgehead atoms. The van der Waals surface area contributed by atoms with Crippen molar-refractivity contribution in [3.8, 4) is 0 Å². The number of aliphatic hydroxyl groups excluding tert-OH is 1. The molecule has 7 nitrogen and oxygen atoms in total. The van der Waals surface area contributed by atoms with E-state index in [4.69, 9.17) is 17.2 Å². The number of guanidine groups is 1. The largest absolute Gasteiger partial charge is 0.377 e. The van der Waals surface area contributed by atoms with Crippen molar-refractivity contribution in [2.75, 3.05) is 26.2 Å². The molecule has 1 unspecified atom stereocenters. The lowest BCUT2D eigenvalue weighted by molar-refractivity contribution is -0.0880. The van der Waals surface area contributed by atoms with E-state index in [1.54, 1.807) is 0 Å². The molecule has 39 heavy (non-hydrogen) atoms. The first-order chi connectivity index (χ1) is 18.7. The zero-order chi connectivity index (χ0) is 27.9. The van der Waals surface area contributed by atoms with Gasteiger partial charge in [0.05, 0.1) is 0 Å². The number of aryl methyl sites for hydroxylation is 2. The maximum Gasteiger partial charge on any atom is 0.185 e. The van der Waals surface area contributed by atoms with Gasteiger partial charge in [-0.25, -0.2) is 0 Å². The second-order valence-corrected chi connectivity index (χ2v) is 11.3. The van der Waals surface area contributed by atoms with Crippen molar-refractivity contribution in [2.24, 2.45) is 22.2 Å². The molecule has 0 aromatic heterocycles. The Hall–Kier alpha value is -2.97. The highest BCUT2D eigenvalue weighted by Crippen LogP contribution is 2.24. The van der Waals surface area contributed by atoms with Gasteiger partial charge in [-0.15, -0.1) is 0 Å². The number of aliphatic imine (C=N–C) groups is 1. The Kier molecular flexibility index (Phi) is 9.97. The summed E-state index contributed by atoms with van der Waals surface area (Å²) in [5, 5.41) is 14.0. The number of fused-ring (bicyclic) bond motifs is 1. The second-order valence-electron chi connectivity index (χ2n) is 11.3. The highest BCUT2D eigenvalue weighted by atomic mass is 16.3. The van der Waals surface area contributed by atoms with E-state index in [9.17, 15) is 5.11 Å². The first-order valence-electron chi connectivity index (χ1n) is 14.2. The van der Waals surface area contributed by atoms with Gasteiger partial charge in [-0.1, -0.05) is 66.2 Å². The highest BCUT2D eigenvalue weighted by Gasteiger charge is 2.36. The lowest BCUT2D eigenvalue weighted by Crippen LogP contribution is -2.63. The SMILES string of the molecule is Cc1ccc(C[C@@H](N)C(O)N2C[C@@H](C)N(CCc3ccc4ccccc4c3)C[C@@H]2CCCN=C(N)N)c(C)c1. The lowest BCUT2D eigenvalue weighted by atomic mass is 9.96. The van der Waals surface area contributed by atoms with Crippen molar-refractivity contribution >= 4 is 16.7 Å². The van der Waals surface area contributed by atoms with Gasteiger partial charge in [0.25, 0.3) is 0 Å². The van der Waals surface area contributed by atoms with Gasteiger partial charge in [-0.3, -0.25) is 14.8 Å². The van der Waals surface area contributed by atoms with Gasteiger partial charge in [0.1, 0.15) is 6.23 Å². The van der Waals surface area contributed by atoms with Crippen LogP contribution in [-0.4, -0.2) is 71.4 Å². The summed E-state index contributed by atoms with van der Waals surface area (Å²) >= 11 is 0. The predicted molar refractivity (Wildman–Crippen MR) is 163 cm³/mol. The molecule has 1 saturated heterocycles. The molecular weight excluding hydrogens is 484 g/mol. The minimum absolute atomic E-state index is 0.122. The molecule has 1 heterocycles. The highest BCUT2D eigenvalue weighted by molar-refractivity contribution is 5.83. The number of nitrogens with two attached hydrogens (primary N) is 3. The van der Waals surface area contributed by atoms with Crippen molar-refractivity contribution in [2.45, 2.75) is 70.8 Å². The molecule has 0 aliphatic carbocycles. The summed E-state index contributed by atoms with van der Waals surface area (Å²) in [6.07, 6.45) is 2.66. The Labute approximate surface area is 233 Å². The van der Waals surface area contributed by atoms with Crippen LogP contribution in [0.1, 0.15) is 42.0 Å². The predicted octanol–water partition coefficient (Wildman–Crippen LogP) is 3.32. The molecule has 7 N–H and O–H groups in total. The Morgan fingerprint density at radius 2 is 1.79 bits per heavy atom. The first kappa shape index (κ1) is 29.0. The van der Waals surface area contributed by atoms with Crippen molar-refractivity contribution < 1.29 is 5.11 Å². The summed E-state index contributed by atoms with van der Waals surface area (Å²) < 4.78 is 0. The average Bonchev–Trinajstić information content (AvgIpc) is 2.91. The molecule has 0 spiro atoms. The van der Waals surface area contributed by atoms with E-state index in [2.05, 4.69) is 96.2 Å². The van der Waals surface area contributed by atoms with E-state index < -0.39 is 6.23 Å². The monoisotopic (exact) mass is 530 g/mol. The summed E-state index contributed by atoms with van der Waals surface area (Å²) in [4.78, 5) is 8.95. The Morgan fingerprint density at radius 3 is 2.54 bits per heavy atom. The van der Waals surface area contributed by atoms with Gasteiger partial charge >= 0.3 is 0 Å². The van der Waals surface area contributed by atoms with Gasteiger partial charge in [0.15, 0.2) is 5.96 Å². The number of piperazine rings is 1. The first-order valence-corrected chi connectivity index (χ1v) is 14.2. The second kappa shape index (κ2) is 13.4. The molecule has 4 atom stereocenters. The van der Waals surface area contributed by atoms with E-state index in [0.29, 0.717) is 19.0 Å². The van der Waals surface area contributed by atoms with E-state index >= 15 is 0 Å². The zero-order valence-electron chi connectivity index (χ0n) is 23.8. The topological polar surface area (TPSA) is 117 Å². The summed E-state index contributed by atoms with van der Waals surface area (Å²) in [5.74, 6) is 0.122. The minimum Gasteiger partial charge on any atom is -0.377 e. The summed E-state index contributed by atoms with van der Waals surface area (Å²) in [6.45, 7) is 9.68.